The van der Waals surface area contributed by atoms with Crippen molar-refractivity contribution in [1.82, 2.24) is 29.9 Å². The monoisotopic (exact) mass is 389 g/mol. The summed E-state index contributed by atoms with van der Waals surface area (Å²) in [7, 11) is 2.13. The van der Waals surface area contributed by atoms with E-state index in [9.17, 15) is 4.79 Å². The van der Waals surface area contributed by atoms with Crippen LogP contribution < -0.4 is 10.5 Å². The molecule has 0 unspecified atom stereocenters. The van der Waals surface area contributed by atoms with E-state index in [4.69, 9.17) is 0 Å². The summed E-state index contributed by atoms with van der Waals surface area (Å²) in [4.78, 5) is 20.9. The minimum atomic E-state index is -0.0762. The number of hydrogen-bond acceptors (Lipinski definition) is 7. The zero-order valence-corrected chi connectivity index (χ0v) is 16.4. The van der Waals surface area contributed by atoms with E-state index in [2.05, 4.69) is 43.2 Å². The Kier molecular flexibility index (Phi) is 4.55. The van der Waals surface area contributed by atoms with Gasteiger partial charge in [0.1, 0.15) is 0 Å². The van der Waals surface area contributed by atoms with Crippen molar-refractivity contribution in [2.24, 2.45) is 5.92 Å². The lowest BCUT2D eigenvalue weighted by Crippen LogP contribution is -2.50. The molecule has 0 N–H and O–H groups in total. The minimum Gasteiger partial charge on any atom is -0.354 e. The third-order valence-corrected chi connectivity index (χ3v) is 5.65. The van der Waals surface area contributed by atoms with Gasteiger partial charge in [0.25, 0.3) is 5.56 Å². The molecule has 0 bridgehead atoms. The van der Waals surface area contributed by atoms with Crippen molar-refractivity contribution >= 4 is 5.82 Å². The predicted octanol–water partition coefficient (Wildman–Crippen LogP) is 1.22. The van der Waals surface area contributed by atoms with E-state index in [1.807, 2.05) is 12.1 Å². The molecule has 8 heteroatoms. The van der Waals surface area contributed by atoms with E-state index >= 15 is 0 Å². The van der Waals surface area contributed by atoms with Gasteiger partial charge in [0.15, 0.2) is 5.82 Å². The number of rotatable bonds is 4. The topological polar surface area (TPSA) is 80.0 Å². The average Bonchev–Trinajstić information content (AvgIpc) is 2.71. The Morgan fingerprint density at radius 3 is 2.90 bits per heavy atom. The number of anilines is 1. The van der Waals surface area contributed by atoms with Gasteiger partial charge in [-0.05, 0) is 36.9 Å². The third kappa shape index (κ3) is 3.63. The zero-order valence-electron chi connectivity index (χ0n) is 16.4. The van der Waals surface area contributed by atoms with E-state index in [1.54, 1.807) is 29.2 Å². The van der Waals surface area contributed by atoms with Crippen molar-refractivity contribution in [3.63, 3.8) is 0 Å². The minimum absolute atomic E-state index is 0.0762. The van der Waals surface area contributed by atoms with E-state index in [0.29, 0.717) is 12.5 Å². The number of nitrogens with zero attached hydrogens (tertiary/aromatic N) is 7. The highest BCUT2D eigenvalue weighted by Crippen LogP contribution is 2.26. The molecule has 5 rings (SSSR count). The molecule has 3 aromatic heterocycles. The van der Waals surface area contributed by atoms with Crippen LogP contribution in [0.5, 0.6) is 0 Å². The fourth-order valence-electron chi connectivity index (χ4n) is 3.98. The molecule has 0 amide bonds. The smallest absolute Gasteiger partial charge is 0.266 e. The Morgan fingerprint density at radius 2 is 2.07 bits per heavy atom. The van der Waals surface area contributed by atoms with Crippen LogP contribution in [-0.2, 0) is 19.5 Å². The maximum absolute atomic E-state index is 12.3. The summed E-state index contributed by atoms with van der Waals surface area (Å²) >= 11 is 0. The number of fused-ring (bicyclic) bond motifs is 1. The lowest BCUT2D eigenvalue weighted by molar-refractivity contribution is 0.307. The Balaban J connectivity index is 1.27. The Morgan fingerprint density at radius 1 is 1.17 bits per heavy atom. The van der Waals surface area contributed by atoms with Gasteiger partial charge in [0.05, 0.1) is 17.9 Å². The molecule has 2 aliphatic rings. The largest absolute Gasteiger partial charge is 0.354 e. The lowest BCUT2D eigenvalue weighted by atomic mass is 9.99. The van der Waals surface area contributed by atoms with Crippen LogP contribution in [0.3, 0.4) is 0 Å². The van der Waals surface area contributed by atoms with Crippen molar-refractivity contribution in [3.05, 3.63) is 64.3 Å². The molecular formula is C21H23N7O. The van der Waals surface area contributed by atoms with Crippen LogP contribution in [0.1, 0.15) is 11.3 Å². The molecule has 0 aliphatic carbocycles. The second-order valence-corrected chi connectivity index (χ2v) is 7.91. The second kappa shape index (κ2) is 7.36. The average molecular weight is 389 g/mol. The highest BCUT2D eigenvalue weighted by molar-refractivity contribution is 5.56. The first-order chi connectivity index (χ1) is 14.2. The molecule has 8 nitrogen and oxygen atoms in total. The number of likely N-dealkylation sites (N-methyl/N-ethyl adjacent to an activating group) is 1. The summed E-state index contributed by atoms with van der Waals surface area (Å²) < 4.78 is 1.57. The molecule has 148 valence electrons. The third-order valence-electron chi connectivity index (χ3n) is 5.65. The standard InChI is InChI=1S/C21H23N7O/c1-26-8-6-18-17(14-26)9-20(24-23-18)27-11-15(12-27)13-28-21(29)5-4-19(25-28)16-3-2-7-22-10-16/h2-5,7,9-10,15H,6,8,11-14H2,1H3. The first-order valence-electron chi connectivity index (χ1n) is 9.93. The van der Waals surface area contributed by atoms with Crippen molar-refractivity contribution in [1.29, 1.82) is 0 Å². The van der Waals surface area contributed by atoms with Crippen LogP contribution >= 0.6 is 0 Å². The Bertz CT molecular complexity index is 1080. The zero-order chi connectivity index (χ0) is 19.8. The molecule has 1 saturated heterocycles. The summed E-state index contributed by atoms with van der Waals surface area (Å²) in [6, 6.07) is 9.32. The van der Waals surface area contributed by atoms with Gasteiger partial charge in [-0.3, -0.25) is 9.78 Å². The van der Waals surface area contributed by atoms with Crippen LogP contribution in [0.4, 0.5) is 5.82 Å². The highest BCUT2D eigenvalue weighted by atomic mass is 16.1. The van der Waals surface area contributed by atoms with Crippen molar-refractivity contribution < 1.29 is 0 Å². The van der Waals surface area contributed by atoms with Crippen LogP contribution in [0.15, 0.2) is 47.5 Å². The van der Waals surface area contributed by atoms with Crippen molar-refractivity contribution in [2.45, 2.75) is 19.5 Å². The molecule has 2 aliphatic heterocycles. The van der Waals surface area contributed by atoms with Crippen molar-refractivity contribution in [3.8, 4) is 11.3 Å². The molecule has 1 fully saturated rings. The first kappa shape index (κ1) is 17.9. The molecule has 5 heterocycles. The number of aromatic nitrogens is 5. The second-order valence-electron chi connectivity index (χ2n) is 7.91. The van der Waals surface area contributed by atoms with Gasteiger partial charge in [0, 0.05) is 62.5 Å². The SMILES string of the molecule is CN1CCc2nnc(N3CC(Cn4nc(-c5cccnc5)ccc4=O)C3)cc2C1. The summed E-state index contributed by atoms with van der Waals surface area (Å²) in [5.74, 6) is 1.30. The van der Waals surface area contributed by atoms with Crippen LogP contribution in [-0.4, -0.2) is 56.5 Å². The maximum atomic E-state index is 12.3. The molecule has 0 atom stereocenters. The summed E-state index contributed by atoms with van der Waals surface area (Å²) in [6.45, 7) is 4.27. The van der Waals surface area contributed by atoms with Crippen LogP contribution in [0, 0.1) is 5.92 Å². The summed E-state index contributed by atoms with van der Waals surface area (Å²) in [6.07, 6.45) is 4.45. The van der Waals surface area contributed by atoms with Crippen LogP contribution in [0.25, 0.3) is 11.3 Å². The highest BCUT2D eigenvalue weighted by Gasteiger charge is 2.30. The van der Waals surface area contributed by atoms with Gasteiger partial charge >= 0.3 is 0 Å². The van der Waals surface area contributed by atoms with Gasteiger partial charge in [0.2, 0.25) is 0 Å². The fourth-order valence-corrected chi connectivity index (χ4v) is 3.98. The van der Waals surface area contributed by atoms with Gasteiger partial charge in [-0.15, -0.1) is 5.10 Å². The molecule has 0 spiro atoms. The Labute approximate surface area is 168 Å². The molecule has 0 aromatic carbocycles. The van der Waals surface area contributed by atoms with Crippen LogP contribution in [0.2, 0.25) is 0 Å². The van der Waals surface area contributed by atoms with E-state index in [0.717, 1.165) is 55.4 Å². The number of pyridine rings is 1. The quantitative estimate of drug-likeness (QED) is 0.664. The molecule has 3 aromatic rings. The lowest BCUT2D eigenvalue weighted by Gasteiger charge is -2.40. The molecule has 0 radical (unpaired) electrons. The van der Waals surface area contributed by atoms with E-state index in [-0.39, 0.29) is 5.56 Å². The van der Waals surface area contributed by atoms with Gasteiger partial charge in [-0.2, -0.15) is 10.2 Å². The molecule has 29 heavy (non-hydrogen) atoms. The number of hydrogen-bond donors (Lipinski definition) is 0. The molecular weight excluding hydrogens is 366 g/mol. The van der Waals surface area contributed by atoms with Gasteiger partial charge < -0.3 is 9.80 Å². The molecule has 0 saturated carbocycles. The Hall–Kier alpha value is -3.13. The van der Waals surface area contributed by atoms with E-state index < -0.39 is 0 Å². The van der Waals surface area contributed by atoms with Gasteiger partial charge in [-0.1, -0.05) is 0 Å². The summed E-state index contributed by atoms with van der Waals surface area (Å²) in [5.41, 5.74) is 3.98. The first-order valence-corrected chi connectivity index (χ1v) is 9.93. The normalized spacial score (nSPS) is 17.1. The maximum Gasteiger partial charge on any atom is 0.266 e. The van der Waals surface area contributed by atoms with E-state index in [1.165, 1.54) is 5.56 Å². The van der Waals surface area contributed by atoms with Crippen molar-refractivity contribution in [2.75, 3.05) is 31.6 Å². The summed E-state index contributed by atoms with van der Waals surface area (Å²) in [5, 5.41) is 13.4. The predicted molar refractivity (Wildman–Crippen MR) is 110 cm³/mol. The fraction of sp³-hybridized carbons (Fsp3) is 0.381. The van der Waals surface area contributed by atoms with Gasteiger partial charge in [-0.25, -0.2) is 4.68 Å².